The van der Waals surface area contributed by atoms with Gasteiger partial charge in [-0.15, -0.1) is 0 Å². The molecule has 0 bridgehead atoms. The fourth-order valence-corrected chi connectivity index (χ4v) is 7.54. The molecule has 144 valence electrons. The van der Waals surface area contributed by atoms with Gasteiger partial charge in [0.25, 0.3) is 6.47 Å². The topological polar surface area (TPSA) is 46.6 Å². The molecule has 3 saturated carbocycles. The van der Waals surface area contributed by atoms with Gasteiger partial charge in [-0.1, -0.05) is 25.5 Å². The van der Waals surface area contributed by atoms with Crippen LogP contribution in [0.25, 0.3) is 0 Å². The molecule has 0 radical (unpaired) electrons. The van der Waals surface area contributed by atoms with Gasteiger partial charge in [0.05, 0.1) is 0 Å². The smallest absolute Gasteiger partial charge is 0.293 e. The molecule has 26 heavy (non-hydrogen) atoms. The molecular weight excluding hydrogens is 326 g/mol. The van der Waals surface area contributed by atoms with Gasteiger partial charge >= 0.3 is 0 Å². The van der Waals surface area contributed by atoms with Crippen molar-refractivity contribution in [1.29, 1.82) is 0 Å². The summed E-state index contributed by atoms with van der Waals surface area (Å²) in [6, 6.07) is 0.404. The molecule has 4 heteroatoms. The molecule has 0 aromatic rings. The molecule has 0 spiro atoms. The normalized spacial score (nSPS) is 47.0. The number of carbonyl (C=O) groups excluding carboxylic acids is 2. The Hall–Kier alpha value is -1.32. The van der Waals surface area contributed by atoms with E-state index in [2.05, 4.69) is 19.9 Å². The summed E-state index contributed by atoms with van der Waals surface area (Å²) in [6.07, 6.45) is 12.7. The van der Waals surface area contributed by atoms with Crippen molar-refractivity contribution in [1.82, 2.24) is 4.90 Å². The summed E-state index contributed by atoms with van der Waals surface area (Å²) in [5.41, 5.74) is 2.10. The third kappa shape index (κ3) is 2.47. The van der Waals surface area contributed by atoms with Gasteiger partial charge in [-0.2, -0.15) is 0 Å². The average molecular weight is 360 g/mol. The second-order valence-corrected chi connectivity index (χ2v) is 9.77. The highest BCUT2D eigenvalue weighted by molar-refractivity contribution is 5.47. The molecule has 0 unspecified atom stereocenters. The first-order chi connectivity index (χ1) is 12.4. The lowest BCUT2D eigenvalue weighted by Gasteiger charge is -2.58. The Bertz CT molecular complexity index is 617. The van der Waals surface area contributed by atoms with E-state index in [1.807, 2.05) is 11.9 Å². The number of hydrogen-bond donors (Lipinski definition) is 0. The fourth-order valence-electron chi connectivity index (χ4n) is 7.54. The van der Waals surface area contributed by atoms with E-state index in [0.717, 1.165) is 49.8 Å². The maximum Gasteiger partial charge on any atom is 0.293 e. The Balaban J connectivity index is 1.59. The van der Waals surface area contributed by atoms with Crippen molar-refractivity contribution >= 4 is 12.9 Å². The van der Waals surface area contributed by atoms with E-state index in [4.69, 9.17) is 4.74 Å². The van der Waals surface area contributed by atoms with E-state index >= 15 is 0 Å². The lowest BCUT2D eigenvalue weighted by Crippen LogP contribution is -2.53. The number of fused-ring (bicyclic) bond motifs is 5. The summed E-state index contributed by atoms with van der Waals surface area (Å²) in [6.45, 7) is 5.54. The van der Waals surface area contributed by atoms with Crippen LogP contribution in [0.2, 0.25) is 0 Å². The quantitative estimate of drug-likeness (QED) is 0.564. The number of allylic oxidation sites excluding steroid dienone is 1. The van der Waals surface area contributed by atoms with Gasteiger partial charge in [0.1, 0.15) is 6.10 Å². The Labute approximate surface area is 157 Å². The third-order valence-corrected chi connectivity index (χ3v) is 8.91. The van der Waals surface area contributed by atoms with E-state index < -0.39 is 0 Å². The number of ether oxygens (including phenoxy) is 1. The van der Waals surface area contributed by atoms with E-state index in [0.29, 0.717) is 12.5 Å². The van der Waals surface area contributed by atoms with Crippen molar-refractivity contribution in [3.8, 4) is 0 Å². The van der Waals surface area contributed by atoms with Crippen LogP contribution < -0.4 is 0 Å². The zero-order valence-electron chi connectivity index (χ0n) is 16.4. The predicted molar refractivity (Wildman–Crippen MR) is 100 cm³/mol. The van der Waals surface area contributed by atoms with Crippen LogP contribution in [-0.4, -0.2) is 37.0 Å². The van der Waals surface area contributed by atoms with Crippen LogP contribution in [0.4, 0.5) is 0 Å². The molecule has 3 fully saturated rings. The molecule has 0 aliphatic heterocycles. The Kier molecular flexibility index (Phi) is 4.44. The highest BCUT2D eigenvalue weighted by Crippen LogP contribution is 2.65. The monoisotopic (exact) mass is 359 g/mol. The van der Waals surface area contributed by atoms with Gasteiger partial charge < -0.3 is 9.64 Å². The van der Waals surface area contributed by atoms with E-state index in [9.17, 15) is 9.59 Å². The zero-order chi connectivity index (χ0) is 18.5. The molecule has 4 nitrogen and oxygen atoms in total. The summed E-state index contributed by atoms with van der Waals surface area (Å²) < 4.78 is 5.29. The SMILES string of the molecule is CN(C=O)[C@H]1CC[C@H]2[C@@H]3CC=C4C[C@H](OC=O)CC[C@]4(C)[C@H]3CC[C@]12C. The second-order valence-electron chi connectivity index (χ2n) is 9.77. The molecule has 7 atom stereocenters. The largest absolute Gasteiger partial charge is 0.464 e. The van der Waals surface area contributed by atoms with E-state index in [1.165, 1.54) is 25.7 Å². The van der Waals surface area contributed by atoms with Gasteiger partial charge in [-0.05, 0) is 73.5 Å². The van der Waals surface area contributed by atoms with Gasteiger partial charge in [0.2, 0.25) is 6.41 Å². The van der Waals surface area contributed by atoms with Crippen LogP contribution >= 0.6 is 0 Å². The molecule has 4 aliphatic carbocycles. The van der Waals surface area contributed by atoms with Crippen molar-refractivity contribution in [3.05, 3.63) is 11.6 Å². The van der Waals surface area contributed by atoms with Crippen LogP contribution in [0.3, 0.4) is 0 Å². The third-order valence-electron chi connectivity index (χ3n) is 8.91. The molecule has 0 aromatic heterocycles. The maximum atomic E-state index is 11.4. The van der Waals surface area contributed by atoms with Crippen LogP contribution in [0.15, 0.2) is 11.6 Å². The highest BCUT2D eigenvalue weighted by Gasteiger charge is 2.59. The molecule has 0 saturated heterocycles. The van der Waals surface area contributed by atoms with Crippen molar-refractivity contribution in [3.63, 3.8) is 0 Å². The number of hydrogen-bond acceptors (Lipinski definition) is 3. The maximum absolute atomic E-state index is 11.4. The zero-order valence-corrected chi connectivity index (χ0v) is 16.4. The van der Waals surface area contributed by atoms with Crippen molar-refractivity contribution in [2.24, 2.45) is 28.6 Å². The van der Waals surface area contributed by atoms with Crippen molar-refractivity contribution in [2.75, 3.05) is 7.05 Å². The molecule has 0 aromatic carbocycles. The van der Waals surface area contributed by atoms with Gasteiger partial charge in [0.15, 0.2) is 0 Å². The molecular formula is C22H33NO3. The van der Waals surface area contributed by atoms with Gasteiger partial charge in [-0.3, -0.25) is 9.59 Å². The van der Waals surface area contributed by atoms with Crippen LogP contribution in [0.1, 0.15) is 65.2 Å². The van der Waals surface area contributed by atoms with Crippen molar-refractivity contribution in [2.45, 2.75) is 77.4 Å². The molecule has 0 heterocycles. The number of nitrogens with zero attached hydrogens (tertiary/aromatic N) is 1. The molecule has 0 N–H and O–H groups in total. The summed E-state index contributed by atoms with van der Waals surface area (Å²) in [4.78, 5) is 24.1. The average Bonchev–Trinajstić information content (AvgIpc) is 2.99. The molecule has 4 rings (SSSR count). The minimum Gasteiger partial charge on any atom is -0.464 e. The van der Waals surface area contributed by atoms with Crippen LogP contribution in [0, 0.1) is 28.6 Å². The second kappa shape index (κ2) is 6.38. The Morgan fingerprint density at radius 3 is 2.65 bits per heavy atom. The predicted octanol–water partition coefficient (Wildman–Crippen LogP) is 3.95. The summed E-state index contributed by atoms with van der Waals surface area (Å²) in [7, 11) is 1.96. The fraction of sp³-hybridized carbons (Fsp3) is 0.818. The van der Waals surface area contributed by atoms with Crippen LogP contribution in [0.5, 0.6) is 0 Å². The van der Waals surface area contributed by atoms with E-state index in [-0.39, 0.29) is 16.9 Å². The van der Waals surface area contributed by atoms with Gasteiger partial charge in [-0.25, -0.2) is 0 Å². The van der Waals surface area contributed by atoms with E-state index in [1.54, 1.807) is 5.57 Å². The van der Waals surface area contributed by atoms with Gasteiger partial charge in [0, 0.05) is 19.5 Å². The molecule has 4 aliphatic rings. The number of carbonyl (C=O) groups is 2. The summed E-state index contributed by atoms with van der Waals surface area (Å²) in [5.74, 6) is 2.22. The number of amides is 1. The Morgan fingerprint density at radius 1 is 1.12 bits per heavy atom. The highest BCUT2D eigenvalue weighted by atomic mass is 16.5. The summed E-state index contributed by atoms with van der Waals surface area (Å²) in [5, 5.41) is 0. The van der Waals surface area contributed by atoms with Crippen molar-refractivity contribution < 1.29 is 14.3 Å². The first-order valence-corrected chi connectivity index (χ1v) is 10.4. The summed E-state index contributed by atoms with van der Waals surface area (Å²) >= 11 is 0. The lowest BCUT2D eigenvalue weighted by molar-refractivity contribution is -0.136. The minimum absolute atomic E-state index is 0.0781. The minimum atomic E-state index is 0.0781. The Morgan fingerprint density at radius 2 is 1.92 bits per heavy atom. The first-order valence-electron chi connectivity index (χ1n) is 10.4. The lowest BCUT2D eigenvalue weighted by atomic mass is 9.48. The number of rotatable bonds is 4. The standard InChI is InChI=1S/C22H33NO3/c1-21-10-8-16(26-14-25)12-15(21)4-5-17-18-6-7-20(23(3)13-24)22(18,2)11-9-19(17)21/h4,13-14,16-20H,5-12H2,1-3H3/t16-,17+,18+,19+,20+,21+,22+/m1/s1. The van der Waals surface area contributed by atoms with Crippen LogP contribution in [-0.2, 0) is 14.3 Å². The first kappa shape index (κ1) is 18.1. The molecule has 1 amide bonds.